The third-order valence-corrected chi connectivity index (χ3v) is 5.92. The van der Waals surface area contributed by atoms with E-state index in [0.717, 1.165) is 37.6 Å². The molecule has 3 rings (SSSR count). The monoisotopic (exact) mass is 531 g/mol. The van der Waals surface area contributed by atoms with E-state index in [9.17, 15) is 0 Å². The van der Waals surface area contributed by atoms with E-state index >= 15 is 0 Å². The van der Waals surface area contributed by atoms with Gasteiger partial charge in [0.1, 0.15) is 18.5 Å². The number of pyridine rings is 1. The van der Waals surface area contributed by atoms with Crippen molar-refractivity contribution in [1.82, 2.24) is 0 Å². The molecule has 0 aliphatic rings. The molecule has 0 atom stereocenters. The van der Waals surface area contributed by atoms with Gasteiger partial charge in [0, 0.05) is 24.6 Å². The van der Waals surface area contributed by atoms with Crippen LogP contribution in [-0.4, -0.2) is 13.2 Å². The van der Waals surface area contributed by atoms with Crippen LogP contribution in [-0.2, 0) is 7.05 Å². The molecule has 0 bridgehead atoms. The first-order chi connectivity index (χ1) is 17.6. The number of aromatic nitrogens is 1. The fraction of sp³-hybridized carbons (Fsp3) is 0.414. The summed E-state index contributed by atoms with van der Waals surface area (Å²) in [5, 5.41) is 0. The van der Waals surface area contributed by atoms with E-state index in [1.807, 2.05) is 0 Å². The Kier molecular flexibility index (Phi) is 12.8. The number of halogens is 1. The molecular weight excluding hydrogens is 494 g/mol. The number of hydrogen-bond donors (Lipinski definition) is 0. The van der Waals surface area contributed by atoms with Crippen LogP contribution in [0, 0.1) is 17.2 Å². The maximum absolute atomic E-state index is 8.49. The van der Waals surface area contributed by atoms with E-state index in [1.165, 1.54) is 53.8 Å². The zero-order chi connectivity index (χ0) is 27.3. The maximum atomic E-state index is 8.49. The van der Waals surface area contributed by atoms with Gasteiger partial charge in [0.2, 0.25) is 5.69 Å². The summed E-state index contributed by atoms with van der Waals surface area (Å²) >= 11 is 0. The fourth-order valence-corrected chi connectivity index (χ4v) is 3.79. The van der Waals surface area contributed by atoms with Crippen LogP contribution < -0.4 is 32.7 Å². The maximum Gasteiger partial charge on any atom is 0.213 e. The lowest BCUT2D eigenvalue weighted by molar-refractivity contribution is -2.00. The van der Waals surface area contributed by atoms with Gasteiger partial charge in [-0.1, -0.05) is 51.7 Å². The molecule has 3 aromatic rings. The fourth-order valence-electron chi connectivity index (χ4n) is 3.79. The van der Waals surface area contributed by atoms with Crippen molar-refractivity contribution in [1.29, 1.82) is 0 Å². The van der Waals surface area contributed by atoms with Crippen molar-refractivity contribution in [3.8, 4) is 33.9 Å². The van der Waals surface area contributed by atoms with E-state index in [2.05, 4.69) is 93.0 Å². The average molecular weight is 532 g/mol. The van der Waals surface area contributed by atoms with Crippen LogP contribution in [0.5, 0.6) is 11.5 Å². The Balaban J connectivity index is 0.000000877. The molecule has 1 aromatic heterocycles. The average Bonchev–Trinajstić information content (AvgIpc) is 2.86. The van der Waals surface area contributed by atoms with Crippen molar-refractivity contribution in [3.05, 3.63) is 66.4 Å². The molecule has 8 heteroatoms. The summed E-state index contributed by atoms with van der Waals surface area (Å²) in [4.78, 5) is 0. The van der Waals surface area contributed by atoms with Gasteiger partial charge < -0.3 is 9.47 Å². The summed E-state index contributed by atoms with van der Waals surface area (Å²) in [6.07, 6.45) is 7.07. The predicted octanol–water partition coefficient (Wildman–Crippen LogP) is 2.54. The molecule has 7 nitrogen and oxygen atoms in total. The normalized spacial score (nSPS) is 11.0. The standard InChI is InChI=1S/C29H38NO2.ClHO4/c1-5-7-9-19-31-27-15-11-24(12-16-27)26-21-23(3)30(4)29(22-26)25-13-17-28(18-14-25)32-20-10-8-6-2;2-1(3,4)5/h11-18,21-22H,5-10,19-20H2,1-4H3;(H,2,3,4,5)/q+1;/p-1. The Bertz CT molecular complexity index is 1060. The smallest absolute Gasteiger partial charge is 0.213 e. The Morgan fingerprint density at radius 2 is 1.08 bits per heavy atom. The lowest BCUT2D eigenvalue weighted by atomic mass is 10.0. The van der Waals surface area contributed by atoms with Crippen LogP contribution in [0.1, 0.15) is 58.1 Å². The van der Waals surface area contributed by atoms with Crippen molar-refractivity contribution in [2.75, 3.05) is 13.2 Å². The molecule has 0 aliphatic heterocycles. The highest BCUT2D eigenvalue weighted by atomic mass is 35.7. The van der Waals surface area contributed by atoms with E-state index in [1.54, 1.807) is 0 Å². The highest BCUT2D eigenvalue weighted by molar-refractivity contribution is 5.70. The number of unbranched alkanes of at least 4 members (excludes halogenated alkanes) is 4. The molecule has 0 radical (unpaired) electrons. The van der Waals surface area contributed by atoms with Crippen LogP contribution in [0.3, 0.4) is 0 Å². The van der Waals surface area contributed by atoms with Gasteiger partial charge in [-0.2, -0.15) is 4.57 Å². The van der Waals surface area contributed by atoms with Gasteiger partial charge in [-0.05, 0) is 60.4 Å². The Labute approximate surface area is 222 Å². The van der Waals surface area contributed by atoms with Crippen LogP contribution in [0.2, 0.25) is 0 Å². The number of aryl methyl sites for hydroxylation is 1. The van der Waals surface area contributed by atoms with Crippen molar-refractivity contribution >= 4 is 0 Å². The highest BCUT2D eigenvalue weighted by Crippen LogP contribution is 2.27. The van der Waals surface area contributed by atoms with Gasteiger partial charge in [-0.15, -0.1) is 10.2 Å². The lowest BCUT2D eigenvalue weighted by Crippen LogP contribution is -2.68. The van der Waals surface area contributed by atoms with E-state index in [4.69, 9.17) is 28.1 Å². The Morgan fingerprint density at radius 1 is 0.649 bits per heavy atom. The minimum Gasteiger partial charge on any atom is -0.494 e. The summed E-state index contributed by atoms with van der Waals surface area (Å²) in [5.74, 6) is 1.88. The molecule has 0 N–H and O–H groups in total. The molecule has 0 saturated carbocycles. The van der Waals surface area contributed by atoms with Gasteiger partial charge in [-0.25, -0.2) is 18.6 Å². The number of benzene rings is 2. The zero-order valence-electron chi connectivity index (χ0n) is 22.2. The Morgan fingerprint density at radius 3 is 1.51 bits per heavy atom. The van der Waals surface area contributed by atoms with E-state index in [0.29, 0.717) is 0 Å². The topological polar surface area (TPSA) is 115 Å². The van der Waals surface area contributed by atoms with Crippen molar-refractivity contribution in [3.63, 3.8) is 0 Å². The summed E-state index contributed by atoms with van der Waals surface area (Å²) in [7, 11) is -2.82. The molecule has 0 spiro atoms. The number of hydrogen-bond acceptors (Lipinski definition) is 6. The van der Waals surface area contributed by atoms with E-state index < -0.39 is 10.2 Å². The second-order valence-electron chi connectivity index (χ2n) is 8.87. The molecule has 1 heterocycles. The van der Waals surface area contributed by atoms with E-state index in [-0.39, 0.29) is 0 Å². The molecule has 202 valence electrons. The lowest BCUT2D eigenvalue weighted by Gasteiger charge is -2.17. The van der Waals surface area contributed by atoms with Crippen molar-refractivity contribution in [2.24, 2.45) is 7.05 Å². The van der Waals surface area contributed by atoms with Gasteiger partial charge >= 0.3 is 0 Å². The quantitative estimate of drug-likeness (QED) is 0.262. The molecule has 0 unspecified atom stereocenters. The largest absolute Gasteiger partial charge is 0.494 e. The third-order valence-electron chi connectivity index (χ3n) is 5.92. The van der Waals surface area contributed by atoms with Crippen LogP contribution in [0.4, 0.5) is 0 Å². The molecule has 2 aromatic carbocycles. The Hall–Kier alpha value is -2.68. The summed E-state index contributed by atoms with van der Waals surface area (Å²) in [5.41, 5.74) is 6.02. The highest BCUT2D eigenvalue weighted by Gasteiger charge is 2.15. The zero-order valence-corrected chi connectivity index (χ0v) is 23.0. The second kappa shape index (κ2) is 15.5. The SMILES string of the molecule is CCCCCOc1ccc(-c2cc(C)[n+](C)c(-c3ccc(OCCCCC)cc3)c2)cc1.[O-][Cl+3]([O-])([O-])[O-]. The second-order valence-corrected chi connectivity index (χ2v) is 9.62. The summed E-state index contributed by atoms with van der Waals surface area (Å²) < 4.78 is 48.0. The molecule has 0 amide bonds. The first kappa shape index (κ1) is 30.5. The van der Waals surface area contributed by atoms with Gasteiger partial charge in [-0.3, -0.25) is 0 Å². The predicted molar refractivity (Wildman–Crippen MR) is 133 cm³/mol. The summed E-state index contributed by atoms with van der Waals surface area (Å²) in [6, 6.07) is 21.4. The molecule has 0 fully saturated rings. The van der Waals surface area contributed by atoms with Crippen molar-refractivity contribution < 1.29 is 42.9 Å². The van der Waals surface area contributed by atoms with Crippen LogP contribution in [0.15, 0.2) is 60.7 Å². The van der Waals surface area contributed by atoms with Crippen LogP contribution in [0.25, 0.3) is 22.4 Å². The molecule has 0 saturated heterocycles. The number of nitrogens with zero attached hydrogens (tertiary/aromatic N) is 1. The number of ether oxygens (including phenoxy) is 2. The van der Waals surface area contributed by atoms with Crippen LogP contribution >= 0.6 is 0 Å². The van der Waals surface area contributed by atoms with Gasteiger partial charge in [0.15, 0.2) is 5.69 Å². The first-order valence-corrected chi connectivity index (χ1v) is 13.9. The first-order valence-electron chi connectivity index (χ1n) is 12.7. The molecule has 0 aliphatic carbocycles. The third kappa shape index (κ3) is 11.5. The minimum absolute atomic E-state index is 0.786. The molecular formula is C29H38ClNO6. The van der Waals surface area contributed by atoms with Crippen molar-refractivity contribution in [2.45, 2.75) is 59.3 Å². The summed E-state index contributed by atoms with van der Waals surface area (Å²) in [6.45, 7) is 8.15. The molecule has 37 heavy (non-hydrogen) atoms. The number of rotatable bonds is 12. The minimum atomic E-state index is -4.94. The van der Waals surface area contributed by atoms with Gasteiger partial charge in [0.05, 0.1) is 13.2 Å². The van der Waals surface area contributed by atoms with Gasteiger partial charge in [0.25, 0.3) is 0 Å².